The van der Waals surface area contributed by atoms with Gasteiger partial charge in [-0.05, 0) is 12.1 Å². The maximum absolute atomic E-state index is 12.8. The number of rotatable bonds is 4. The summed E-state index contributed by atoms with van der Waals surface area (Å²) in [6, 6.07) is 4.29. The summed E-state index contributed by atoms with van der Waals surface area (Å²) in [5.41, 5.74) is 5.38. The Balaban J connectivity index is 2.96. The van der Waals surface area contributed by atoms with Gasteiger partial charge in [-0.15, -0.1) is 0 Å². The quantitative estimate of drug-likeness (QED) is 0.535. The minimum Gasteiger partial charge on any atom is -0.398 e. The van der Waals surface area contributed by atoms with Crippen molar-refractivity contribution in [2.75, 3.05) is 17.6 Å². The zero-order valence-electron chi connectivity index (χ0n) is 7.73. The Morgan fingerprint density at radius 1 is 1.47 bits per heavy atom. The van der Waals surface area contributed by atoms with E-state index in [9.17, 15) is 13.2 Å². The van der Waals surface area contributed by atoms with Gasteiger partial charge in [-0.1, -0.05) is 6.07 Å². The molecule has 0 aromatic heterocycles. The highest BCUT2D eigenvalue weighted by Gasteiger charge is 2.12. The van der Waals surface area contributed by atoms with Crippen molar-refractivity contribution in [3.05, 3.63) is 23.8 Å². The first-order chi connectivity index (χ1) is 7.02. The molecule has 0 aliphatic carbocycles. The van der Waals surface area contributed by atoms with Gasteiger partial charge in [0.1, 0.15) is 0 Å². The van der Waals surface area contributed by atoms with Crippen LogP contribution in [0.1, 0.15) is 5.56 Å². The molecule has 0 aliphatic rings. The van der Waals surface area contributed by atoms with E-state index in [1.807, 2.05) is 0 Å². The van der Waals surface area contributed by atoms with E-state index < -0.39 is 18.9 Å². The molecule has 0 atom stereocenters. The third kappa shape index (κ3) is 2.87. The fraction of sp³-hybridized carbons (Fsp3) is 0.222. The predicted molar refractivity (Wildman–Crippen MR) is 53.3 cm³/mol. The minimum atomic E-state index is -2.55. The standard InChI is InChI=1S/C9H10F3N3/c10-7(11)4-15-6-3-1-2-5(13)8(6)9(12)14/h1-3,7,14-15H,4,13H2. The molecule has 0 amide bonds. The third-order valence-electron chi connectivity index (χ3n) is 1.76. The van der Waals surface area contributed by atoms with Gasteiger partial charge in [-0.25, -0.2) is 8.78 Å². The molecule has 0 bridgehead atoms. The van der Waals surface area contributed by atoms with Crippen LogP contribution in [0.3, 0.4) is 0 Å². The SMILES string of the molecule is N=C(F)c1c(N)cccc1NCC(F)F. The first kappa shape index (κ1) is 11.4. The number of nitrogen functional groups attached to an aromatic ring is 1. The van der Waals surface area contributed by atoms with E-state index in [0.29, 0.717) is 0 Å². The lowest BCUT2D eigenvalue weighted by molar-refractivity contribution is 0.163. The van der Waals surface area contributed by atoms with Crippen LogP contribution in [-0.2, 0) is 0 Å². The Morgan fingerprint density at radius 2 is 2.13 bits per heavy atom. The van der Waals surface area contributed by atoms with Crippen molar-refractivity contribution >= 4 is 17.3 Å². The first-order valence-corrected chi connectivity index (χ1v) is 4.17. The average Bonchev–Trinajstić information content (AvgIpc) is 2.13. The Hall–Kier alpha value is -1.72. The summed E-state index contributed by atoms with van der Waals surface area (Å²) >= 11 is 0. The normalized spacial score (nSPS) is 10.4. The van der Waals surface area contributed by atoms with Gasteiger partial charge in [0.25, 0.3) is 6.43 Å². The van der Waals surface area contributed by atoms with Gasteiger partial charge in [0, 0.05) is 11.4 Å². The lowest BCUT2D eigenvalue weighted by Crippen LogP contribution is -2.13. The Labute approximate surface area is 84.6 Å². The van der Waals surface area contributed by atoms with Crippen molar-refractivity contribution in [2.45, 2.75) is 6.43 Å². The summed E-state index contributed by atoms with van der Waals surface area (Å²) < 4.78 is 36.6. The van der Waals surface area contributed by atoms with Crippen LogP contribution in [0.5, 0.6) is 0 Å². The van der Waals surface area contributed by atoms with Crippen LogP contribution in [0.4, 0.5) is 24.5 Å². The molecule has 4 N–H and O–H groups in total. The summed E-state index contributed by atoms with van der Waals surface area (Å²) in [4.78, 5) is 0. The second-order valence-electron chi connectivity index (χ2n) is 2.86. The second-order valence-corrected chi connectivity index (χ2v) is 2.86. The Bertz CT molecular complexity index is 366. The smallest absolute Gasteiger partial charge is 0.255 e. The zero-order valence-corrected chi connectivity index (χ0v) is 7.73. The molecule has 0 radical (unpaired) electrons. The minimum absolute atomic E-state index is 0.0433. The monoisotopic (exact) mass is 217 g/mol. The number of alkyl halides is 2. The first-order valence-electron chi connectivity index (χ1n) is 4.17. The van der Waals surface area contributed by atoms with Crippen molar-refractivity contribution in [1.29, 1.82) is 5.41 Å². The van der Waals surface area contributed by atoms with Crippen LogP contribution in [0.2, 0.25) is 0 Å². The predicted octanol–water partition coefficient (Wildman–Crippen LogP) is 2.24. The molecule has 0 saturated heterocycles. The van der Waals surface area contributed by atoms with Crippen molar-refractivity contribution in [2.24, 2.45) is 0 Å². The molecular formula is C9H10F3N3. The molecule has 0 aliphatic heterocycles. The van der Waals surface area contributed by atoms with Gasteiger partial charge in [-0.2, -0.15) is 4.39 Å². The summed E-state index contributed by atoms with van der Waals surface area (Å²) in [6.45, 7) is -0.607. The number of nitrogens with one attached hydrogen (secondary N) is 2. The molecule has 1 aromatic rings. The largest absolute Gasteiger partial charge is 0.398 e. The van der Waals surface area contributed by atoms with Crippen LogP contribution in [0.25, 0.3) is 0 Å². The number of hydrogen-bond donors (Lipinski definition) is 3. The average molecular weight is 217 g/mol. The highest BCUT2D eigenvalue weighted by molar-refractivity contribution is 6.01. The van der Waals surface area contributed by atoms with Crippen molar-refractivity contribution in [1.82, 2.24) is 0 Å². The zero-order chi connectivity index (χ0) is 11.4. The molecule has 1 rings (SSSR count). The number of halogens is 3. The fourth-order valence-corrected chi connectivity index (χ4v) is 1.15. The number of benzene rings is 1. The summed E-state index contributed by atoms with van der Waals surface area (Å²) in [5, 5.41) is 9.15. The highest BCUT2D eigenvalue weighted by atomic mass is 19.3. The van der Waals surface area contributed by atoms with E-state index in [4.69, 9.17) is 11.1 Å². The molecule has 82 valence electrons. The van der Waals surface area contributed by atoms with E-state index in [0.717, 1.165) is 0 Å². The van der Waals surface area contributed by atoms with E-state index in [1.54, 1.807) is 0 Å². The van der Waals surface area contributed by atoms with Gasteiger partial charge in [-0.3, -0.25) is 5.41 Å². The molecule has 6 heteroatoms. The van der Waals surface area contributed by atoms with E-state index in [1.165, 1.54) is 18.2 Å². The number of anilines is 2. The number of hydrogen-bond acceptors (Lipinski definition) is 3. The molecular weight excluding hydrogens is 207 g/mol. The van der Waals surface area contributed by atoms with Crippen molar-refractivity contribution < 1.29 is 13.2 Å². The molecule has 0 unspecified atom stereocenters. The van der Waals surface area contributed by atoms with Crippen LogP contribution in [-0.4, -0.2) is 18.9 Å². The Morgan fingerprint density at radius 3 is 2.67 bits per heavy atom. The molecule has 0 saturated carbocycles. The Kier molecular flexibility index (Phi) is 3.54. The molecule has 15 heavy (non-hydrogen) atoms. The van der Waals surface area contributed by atoms with Gasteiger partial charge >= 0.3 is 0 Å². The van der Waals surface area contributed by atoms with Crippen LogP contribution in [0.15, 0.2) is 18.2 Å². The van der Waals surface area contributed by atoms with Crippen molar-refractivity contribution in [3.63, 3.8) is 0 Å². The summed E-state index contributed by atoms with van der Waals surface area (Å²) in [6.07, 6.45) is -2.55. The van der Waals surface area contributed by atoms with Crippen LogP contribution in [0, 0.1) is 5.41 Å². The molecule has 3 nitrogen and oxygen atoms in total. The fourth-order valence-electron chi connectivity index (χ4n) is 1.15. The summed E-state index contributed by atoms with van der Waals surface area (Å²) in [5.74, 6) is -1.25. The van der Waals surface area contributed by atoms with Gasteiger partial charge in [0.15, 0.2) is 0 Å². The molecule has 0 heterocycles. The van der Waals surface area contributed by atoms with Crippen molar-refractivity contribution in [3.8, 4) is 0 Å². The lowest BCUT2D eigenvalue weighted by atomic mass is 10.1. The topological polar surface area (TPSA) is 61.9 Å². The third-order valence-corrected chi connectivity index (χ3v) is 1.76. The number of nitrogens with two attached hydrogens (primary N) is 1. The van der Waals surface area contributed by atoms with E-state index in [2.05, 4.69) is 5.32 Å². The van der Waals surface area contributed by atoms with Crippen LogP contribution < -0.4 is 11.1 Å². The second kappa shape index (κ2) is 4.68. The molecule has 0 fully saturated rings. The van der Waals surface area contributed by atoms with Gasteiger partial charge in [0.05, 0.1) is 12.1 Å². The molecule has 1 aromatic carbocycles. The van der Waals surface area contributed by atoms with Crippen LogP contribution >= 0.6 is 0 Å². The maximum Gasteiger partial charge on any atom is 0.255 e. The van der Waals surface area contributed by atoms with Gasteiger partial charge in [0.2, 0.25) is 5.97 Å². The lowest BCUT2D eigenvalue weighted by Gasteiger charge is -2.11. The van der Waals surface area contributed by atoms with Gasteiger partial charge < -0.3 is 11.1 Å². The summed E-state index contributed by atoms with van der Waals surface area (Å²) in [7, 11) is 0. The van der Waals surface area contributed by atoms with E-state index >= 15 is 0 Å². The maximum atomic E-state index is 12.8. The molecule has 0 spiro atoms. The van der Waals surface area contributed by atoms with E-state index in [-0.39, 0.29) is 16.9 Å². The highest BCUT2D eigenvalue weighted by Crippen LogP contribution is 2.23.